The van der Waals surface area contributed by atoms with Crippen molar-refractivity contribution in [3.63, 3.8) is 0 Å². The SMILES string of the molecule is C=C/C=C(\C)NC(=C)NCC(C(=C)O)C(C)C. The lowest BCUT2D eigenvalue weighted by molar-refractivity contribution is 0.280. The Morgan fingerprint density at radius 2 is 1.94 bits per heavy atom. The number of aliphatic hydroxyl groups is 1. The summed E-state index contributed by atoms with van der Waals surface area (Å²) in [4.78, 5) is 0. The van der Waals surface area contributed by atoms with Gasteiger partial charge in [0.25, 0.3) is 0 Å². The summed E-state index contributed by atoms with van der Waals surface area (Å²) in [6.45, 7) is 17.7. The minimum atomic E-state index is 0.0252. The first-order valence-electron chi connectivity index (χ1n) is 5.75. The summed E-state index contributed by atoms with van der Waals surface area (Å²) in [5, 5.41) is 15.7. The van der Waals surface area contributed by atoms with Crippen molar-refractivity contribution in [3.8, 4) is 0 Å². The van der Waals surface area contributed by atoms with E-state index in [-0.39, 0.29) is 11.7 Å². The zero-order valence-electron chi connectivity index (χ0n) is 11.1. The minimum Gasteiger partial charge on any atom is -0.513 e. The number of aliphatic hydroxyl groups excluding tert-OH is 1. The highest BCUT2D eigenvalue weighted by Crippen LogP contribution is 2.16. The van der Waals surface area contributed by atoms with Gasteiger partial charge in [0.15, 0.2) is 0 Å². The smallest absolute Gasteiger partial charge is 0.0954 e. The summed E-state index contributed by atoms with van der Waals surface area (Å²) in [6, 6.07) is 0. The highest BCUT2D eigenvalue weighted by atomic mass is 16.3. The second-order valence-corrected chi connectivity index (χ2v) is 4.41. The molecular formula is C14H24N2O. The maximum Gasteiger partial charge on any atom is 0.0954 e. The molecule has 0 aromatic rings. The Bertz CT molecular complexity index is 316. The normalized spacial score (nSPS) is 13.1. The fraction of sp³-hybridized carbons (Fsp3) is 0.429. The van der Waals surface area contributed by atoms with Gasteiger partial charge in [-0.2, -0.15) is 0 Å². The average Bonchev–Trinajstić information content (AvgIpc) is 2.16. The topological polar surface area (TPSA) is 44.3 Å². The zero-order valence-corrected chi connectivity index (χ0v) is 11.1. The van der Waals surface area contributed by atoms with Crippen LogP contribution in [0.15, 0.2) is 49.2 Å². The van der Waals surface area contributed by atoms with Gasteiger partial charge >= 0.3 is 0 Å². The second-order valence-electron chi connectivity index (χ2n) is 4.41. The van der Waals surface area contributed by atoms with Crippen LogP contribution < -0.4 is 10.6 Å². The van der Waals surface area contributed by atoms with Crippen LogP contribution in [0.3, 0.4) is 0 Å². The molecule has 0 aliphatic carbocycles. The van der Waals surface area contributed by atoms with Crippen LogP contribution in [0.4, 0.5) is 0 Å². The number of hydrogen-bond acceptors (Lipinski definition) is 3. The molecule has 1 atom stereocenters. The van der Waals surface area contributed by atoms with Crippen LogP contribution in [0.25, 0.3) is 0 Å². The van der Waals surface area contributed by atoms with E-state index in [1.807, 2.05) is 26.8 Å². The molecule has 96 valence electrons. The monoisotopic (exact) mass is 236 g/mol. The molecule has 17 heavy (non-hydrogen) atoms. The van der Waals surface area contributed by atoms with Crippen molar-refractivity contribution in [2.45, 2.75) is 20.8 Å². The van der Waals surface area contributed by atoms with Gasteiger partial charge in [0.1, 0.15) is 0 Å². The maximum absolute atomic E-state index is 9.45. The molecule has 0 aromatic carbocycles. The lowest BCUT2D eigenvalue weighted by Crippen LogP contribution is -2.31. The van der Waals surface area contributed by atoms with Crippen LogP contribution in [0.2, 0.25) is 0 Å². The molecule has 0 saturated heterocycles. The number of rotatable bonds is 8. The van der Waals surface area contributed by atoms with Crippen LogP contribution >= 0.6 is 0 Å². The quantitative estimate of drug-likeness (QED) is 0.448. The molecule has 1 unspecified atom stereocenters. The summed E-state index contributed by atoms with van der Waals surface area (Å²) in [7, 11) is 0. The largest absolute Gasteiger partial charge is 0.513 e. The van der Waals surface area contributed by atoms with E-state index in [4.69, 9.17) is 0 Å². The number of allylic oxidation sites excluding steroid dienone is 3. The highest BCUT2D eigenvalue weighted by Gasteiger charge is 2.16. The zero-order chi connectivity index (χ0) is 13.4. The van der Waals surface area contributed by atoms with Crippen molar-refractivity contribution >= 4 is 0 Å². The van der Waals surface area contributed by atoms with Crippen LogP contribution in [0, 0.1) is 11.8 Å². The molecule has 3 N–H and O–H groups in total. The van der Waals surface area contributed by atoms with E-state index in [1.54, 1.807) is 6.08 Å². The van der Waals surface area contributed by atoms with Crippen molar-refractivity contribution in [2.24, 2.45) is 11.8 Å². The van der Waals surface area contributed by atoms with E-state index in [0.717, 1.165) is 5.70 Å². The summed E-state index contributed by atoms with van der Waals surface area (Å²) in [6.07, 6.45) is 3.57. The Labute approximate surface area is 105 Å². The molecule has 0 rings (SSSR count). The molecular weight excluding hydrogens is 212 g/mol. The Kier molecular flexibility index (Phi) is 6.87. The van der Waals surface area contributed by atoms with Gasteiger partial charge in [-0.1, -0.05) is 39.7 Å². The molecule has 0 spiro atoms. The molecule has 0 aliphatic heterocycles. The molecule has 3 nitrogen and oxygen atoms in total. The van der Waals surface area contributed by atoms with Gasteiger partial charge in [0.2, 0.25) is 0 Å². The first-order chi connectivity index (χ1) is 7.88. The van der Waals surface area contributed by atoms with Crippen molar-refractivity contribution in [2.75, 3.05) is 6.54 Å². The fourth-order valence-electron chi connectivity index (χ4n) is 1.47. The lowest BCUT2D eigenvalue weighted by Gasteiger charge is -2.22. The van der Waals surface area contributed by atoms with E-state index in [2.05, 4.69) is 30.4 Å². The second kappa shape index (κ2) is 7.60. The van der Waals surface area contributed by atoms with Crippen molar-refractivity contribution in [1.82, 2.24) is 10.6 Å². The van der Waals surface area contributed by atoms with Crippen LogP contribution in [0.1, 0.15) is 20.8 Å². The third kappa shape index (κ3) is 6.51. The van der Waals surface area contributed by atoms with E-state index in [0.29, 0.717) is 18.3 Å². The maximum atomic E-state index is 9.45. The molecule has 0 fully saturated rings. The van der Waals surface area contributed by atoms with Crippen molar-refractivity contribution in [3.05, 3.63) is 49.2 Å². The number of nitrogens with one attached hydrogen (secondary N) is 2. The van der Waals surface area contributed by atoms with Gasteiger partial charge in [-0.3, -0.25) is 0 Å². The van der Waals surface area contributed by atoms with Crippen molar-refractivity contribution in [1.29, 1.82) is 0 Å². The van der Waals surface area contributed by atoms with Gasteiger partial charge in [-0.05, 0) is 18.9 Å². The minimum absolute atomic E-state index is 0.0252. The van der Waals surface area contributed by atoms with Gasteiger partial charge in [-0.15, -0.1) is 0 Å². The van der Waals surface area contributed by atoms with Crippen LogP contribution in [-0.2, 0) is 0 Å². The average molecular weight is 236 g/mol. The lowest BCUT2D eigenvalue weighted by atomic mass is 9.94. The Balaban J connectivity index is 4.18. The Hall–Kier alpha value is -1.64. The van der Waals surface area contributed by atoms with Gasteiger partial charge in [0.05, 0.1) is 11.6 Å². The van der Waals surface area contributed by atoms with E-state index in [1.165, 1.54) is 0 Å². The third-order valence-corrected chi connectivity index (χ3v) is 2.48. The Morgan fingerprint density at radius 1 is 1.35 bits per heavy atom. The molecule has 3 heteroatoms. The van der Waals surface area contributed by atoms with Gasteiger partial charge < -0.3 is 15.7 Å². The van der Waals surface area contributed by atoms with Crippen LogP contribution in [-0.4, -0.2) is 11.7 Å². The van der Waals surface area contributed by atoms with Crippen molar-refractivity contribution < 1.29 is 5.11 Å². The first-order valence-corrected chi connectivity index (χ1v) is 5.75. The predicted octanol–water partition coefficient (Wildman–Crippen LogP) is 3.07. The molecule has 0 aromatic heterocycles. The summed E-state index contributed by atoms with van der Waals surface area (Å²) < 4.78 is 0. The van der Waals surface area contributed by atoms with E-state index < -0.39 is 0 Å². The van der Waals surface area contributed by atoms with Crippen LogP contribution in [0.5, 0.6) is 0 Å². The third-order valence-electron chi connectivity index (χ3n) is 2.48. The highest BCUT2D eigenvalue weighted by molar-refractivity contribution is 5.11. The Morgan fingerprint density at radius 3 is 2.35 bits per heavy atom. The van der Waals surface area contributed by atoms with E-state index >= 15 is 0 Å². The fourth-order valence-corrected chi connectivity index (χ4v) is 1.47. The van der Waals surface area contributed by atoms with E-state index in [9.17, 15) is 5.11 Å². The predicted molar refractivity (Wildman–Crippen MR) is 74.3 cm³/mol. The molecule has 0 bridgehead atoms. The van der Waals surface area contributed by atoms with Gasteiger partial charge in [0, 0.05) is 18.2 Å². The number of hydrogen-bond donors (Lipinski definition) is 3. The molecule has 0 radical (unpaired) electrons. The molecule has 0 amide bonds. The summed E-state index contributed by atoms with van der Waals surface area (Å²) >= 11 is 0. The first kappa shape index (κ1) is 15.4. The standard InChI is InChI=1S/C14H24N2O/c1-7-8-11(4)16-13(6)15-9-14(10(2)3)12(5)17/h7-8,10,14-17H,1,5-6,9H2,2-4H3/b11-8+. The summed E-state index contributed by atoms with van der Waals surface area (Å²) in [5.41, 5.74) is 0.960. The molecule has 0 heterocycles. The molecule has 0 saturated carbocycles. The summed E-state index contributed by atoms with van der Waals surface area (Å²) in [5.74, 6) is 1.26. The molecule has 0 aliphatic rings. The van der Waals surface area contributed by atoms with Gasteiger partial charge in [-0.25, -0.2) is 0 Å².